The van der Waals surface area contributed by atoms with Gasteiger partial charge in [-0.2, -0.15) is 0 Å². The molecule has 1 aliphatic rings. The van der Waals surface area contributed by atoms with Crippen molar-refractivity contribution in [3.05, 3.63) is 17.7 Å². The third-order valence-electron chi connectivity index (χ3n) is 4.02. The van der Waals surface area contributed by atoms with Crippen LogP contribution in [0.15, 0.2) is 6.07 Å². The van der Waals surface area contributed by atoms with Gasteiger partial charge in [-0.1, -0.05) is 12.8 Å². The van der Waals surface area contributed by atoms with E-state index in [0.717, 1.165) is 18.9 Å². The van der Waals surface area contributed by atoms with Crippen LogP contribution in [0, 0.1) is 11.6 Å². The monoisotopic (exact) mass is 270 g/mol. The zero-order valence-electron chi connectivity index (χ0n) is 11.3. The van der Waals surface area contributed by atoms with Gasteiger partial charge in [0.1, 0.15) is 0 Å². The van der Waals surface area contributed by atoms with Gasteiger partial charge in [-0.05, 0) is 26.9 Å². The average molecular weight is 270 g/mol. The van der Waals surface area contributed by atoms with Crippen LogP contribution in [-0.4, -0.2) is 36.1 Å². The second-order valence-corrected chi connectivity index (χ2v) is 5.37. The lowest BCUT2D eigenvalue weighted by molar-refractivity contribution is 0.172. The van der Waals surface area contributed by atoms with E-state index in [9.17, 15) is 8.78 Å². The molecule has 0 spiro atoms. The van der Waals surface area contributed by atoms with Crippen molar-refractivity contribution in [3.63, 3.8) is 0 Å². The van der Waals surface area contributed by atoms with E-state index >= 15 is 0 Å². The van der Waals surface area contributed by atoms with E-state index in [1.54, 1.807) is 0 Å². The molecule has 0 saturated heterocycles. The van der Waals surface area contributed by atoms with Crippen molar-refractivity contribution in [3.8, 4) is 0 Å². The first kappa shape index (κ1) is 14.0. The molecule has 0 radical (unpaired) electrons. The van der Waals surface area contributed by atoms with Gasteiger partial charge in [0.25, 0.3) is 0 Å². The van der Waals surface area contributed by atoms with Gasteiger partial charge in [0.05, 0.1) is 0 Å². The van der Waals surface area contributed by atoms with Crippen molar-refractivity contribution in [2.75, 3.05) is 31.7 Å². The fourth-order valence-corrected chi connectivity index (χ4v) is 2.67. The molecule has 0 unspecified atom stereocenters. The van der Waals surface area contributed by atoms with Crippen molar-refractivity contribution in [1.82, 2.24) is 9.88 Å². The number of pyridine rings is 1. The highest BCUT2D eigenvalue weighted by Gasteiger charge is 2.35. The molecule has 0 amide bonds. The minimum atomic E-state index is -0.828. The van der Waals surface area contributed by atoms with Gasteiger partial charge in [-0.3, -0.25) is 0 Å². The number of hydrogen-bond acceptors (Lipinski definition) is 4. The maximum Gasteiger partial charge on any atom is 0.168 e. The van der Waals surface area contributed by atoms with Crippen LogP contribution in [0.4, 0.5) is 20.4 Å². The van der Waals surface area contributed by atoms with Crippen LogP contribution in [0.25, 0.3) is 0 Å². The van der Waals surface area contributed by atoms with Crippen molar-refractivity contribution in [2.45, 2.75) is 31.2 Å². The second-order valence-electron chi connectivity index (χ2n) is 5.37. The topological polar surface area (TPSA) is 54.2 Å². The van der Waals surface area contributed by atoms with Gasteiger partial charge in [-0.15, -0.1) is 0 Å². The number of nitrogens with zero attached hydrogens (tertiary/aromatic N) is 2. The van der Waals surface area contributed by atoms with Crippen molar-refractivity contribution in [1.29, 1.82) is 0 Å². The summed E-state index contributed by atoms with van der Waals surface area (Å²) in [7, 11) is 4.05. The molecule has 1 aromatic heterocycles. The van der Waals surface area contributed by atoms with Crippen molar-refractivity contribution in [2.24, 2.45) is 0 Å². The Morgan fingerprint density at radius 2 is 1.95 bits per heavy atom. The van der Waals surface area contributed by atoms with Crippen LogP contribution in [0.1, 0.15) is 25.7 Å². The molecule has 3 N–H and O–H groups in total. The van der Waals surface area contributed by atoms with Crippen LogP contribution in [0.5, 0.6) is 0 Å². The largest absolute Gasteiger partial charge is 0.381 e. The zero-order valence-corrected chi connectivity index (χ0v) is 11.3. The van der Waals surface area contributed by atoms with Crippen molar-refractivity contribution < 1.29 is 8.78 Å². The number of nitrogens with two attached hydrogens (primary N) is 1. The van der Waals surface area contributed by atoms with Gasteiger partial charge >= 0.3 is 0 Å². The van der Waals surface area contributed by atoms with E-state index in [1.165, 1.54) is 12.8 Å². The summed E-state index contributed by atoms with van der Waals surface area (Å²) < 4.78 is 26.6. The molecule has 19 heavy (non-hydrogen) atoms. The Labute approximate surface area is 112 Å². The van der Waals surface area contributed by atoms with Gasteiger partial charge in [0, 0.05) is 18.2 Å². The Morgan fingerprint density at radius 3 is 2.53 bits per heavy atom. The smallest absolute Gasteiger partial charge is 0.168 e. The highest BCUT2D eigenvalue weighted by molar-refractivity contribution is 5.45. The molecule has 106 valence electrons. The number of aromatic nitrogens is 1. The Bertz CT molecular complexity index is 456. The summed E-state index contributed by atoms with van der Waals surface area (Å²) in [6, 6.07) is 0.766. The minimum absolute atomic E-state index is 0.0112. The summed E-state index contributed by atoms with van der Waals surface area (Å²) in [4.78, 5) is 5.89. The fourth-order valence-electron chi connectivity index (χ4n) is 2.67. The molecule has 1 heterocycles. The summed E-state index contributed by atoms with van der Waals surface area (Å²) in [6.07, 6.45) is 4.46. The maximum absolute atomic E-state index is 13.6. The Hall–Kier alpha value is -1.43. The fraction of sp³-hybridized carbons (Fsp3) is 0.615. The van der Waals surface area contributed by atoms with Crippen LogP contribution < -0.4 is 11.1 Å². The van der Waals surface area contributed by atoms with E-state index in [4.69, 9.17) is 5.73 Å². The summed E-state index contributed by atoms with van der Waals surface area (Å²) in [5, 5.41) is 2.97. The third kappa shape index (κ3) is 2.78. The van der Waals surface area contributed by atoms with E-state index in [-0.39, 0.29) is 17.2 Å². The Morgan fingerprint density at radius 1 is 1.32 bits per heavy atom. The highest BCUT2D eigenvalue weighted by Crippen LogP contribution is 2.34. The normalized spacial score (nSPS) is 17.9. The molecule has 0 aliphatic heterocycles. The van der Waals surface area contributed by atoms with Gasteiger partial charge in [0.15, 0.2) is 23.3 Å². The summed E-state index contributed by atoms with van der Waals surface area (Å²) >= 11 is 0. The highest BCUT2D eigenvalue weighted by atomic mass is 19.1. The number of halogens is 2. The molecular formula is C13H20F2N4. The second kappa shape index (κ2) is 5.28. The number of rotatable bonds is 4. The molecular weight excluding hydrogens is 250 g/mol. The van der Waals surface area contributed by atoms with E-state index in [0.29, 0.717) is 6.54 Å². The van der Waals surface area contributed by atoms with Gasteiger partial charge in [0.2, 0.25) is 0 Å². The number of likely N-dealkylation sites (N-methyl/N-ethyl adjacent to an activating group) is 1. The van der Waals surface area contributed by atoms with E-state index < -0.39 is 11.6 Å². The van der Waals surface area contributed by atoms with E-state index in [1.807, 2.05) is 14.1 Å². The molecule has 0 bridgehead atoms. The van der Waals surface area contributed by atoms with Crippen LogP contribution in [0.2, 0.25) is 0 Å². The lowest BCUT2D eigenvalue weighted by atomic mass is 9.96. The quantitative estimate of drug-likeness (QED) is 0.881. The van der Waals surface area contributed by atoms with Gasteiger partial charge in [-0.25, -0.2) is 13.8 Å². The first-order valence-electron chi connectivity index (χ1n) is 6.47. The predicted molar refractivity (Wildman–Crippen MR) is 71.9 cm³/mol. The van der Waals surface area contributed by atoms with Crippen molar-refractivity contribution >= 4 is 11.6 Å². The first-order valence-corrected chi connectivity index (χ1v) is 6.47. The standard InChI is InChI=1S/C13H20F2N4/c1-19(2)13(5-3-4-6-13)8-17-12-10(15)7-9(14)11(16)18-12/h7H,3-6,8H2,1-2H3,(H3,16,17,18). The molecule has 6 heteroatoms. The Balaban J connectivity index is 2.11. The van der Waals surface area contributed by atoms with Crippen LogP contribution in [0.3, 0.4) is 0 Å². The van der Waals surface area contributed by atoms with Gasteiger partial charge < -0.3 is 16.0 Å². The Kier molecular flexibility index (Phi) is 3.89. The molecule has 1 aliphatic carbocycles. The number of hydrogen-bond donors (Lipinski definition) is 2. The number of nitrogen functional groups attached to an aromatic ring is 1. The molecule has 0 aromatic carbocycles. The molecule has 1 aromatic rings. The maximum atomic E-state index is 13.6. The van der Waals surface area contributed by atoms with E-state index in [2.05, 4.69) is 15.2 Å². The molecule has 2 rings (SSSR count). The summed E-state index contributed by atoms with van der Waals surface area (Å²) in [5.41, 5.74) is 5.37. The average Bonchev–Trinajstić information content (AvgIpc) is 2.82. The molecule has 1 saturated carbocycles. The zero-order chi connectivity index (χ0) is 14.0. The first-order chi connectivity index (χ1) is 8.94. The van der Waals surface area contributed by atoms with Crippen LogP contribution in [-0.2, 0) is 0 Å². The number of nitrogens with one attached hydrogen (secondary N) is 1. The molecule has 0 atom stereocenters. The summed E-state index contributed by atoms with van der Waals surface area (Å²) in [6.45, 7) is 0.578. The SMILES string of the molecule is CN(C)C1(CNc2nc(N)c(F)cc2F)CCCC1. The lowest BCUT2D eigenvalue weighted by Crippen LogP contribution is -2.47. The predicted octanol–water partition coefficient (Wildman–Crippen LogP) is 2.23. The lowest BCUT2D eigenvalue weighted by Gasteiger charge is -2.36. The minimum Gasteiger partial charge on any atom is -0.381 e. The third-order valence-corrected chi connectivity index (χ3v) is 4.02. The van der Waals surface area contributed by atoms with Crippen LogP contribution >= 0.6 is 0 Å². The molecule has 4 nitrogen and oxygen atoms in total. The summed E-state index contributed by atoms with van der Waals surface area (Å²) in [5.74, 6) is -1.80. The molecule has 1 fully saturated rings. The number of anilines is 2.